The van der Waals surface area contributed by atoms with Crippen LogP contribution in [0.3, 0.4) is 0 Å². The molecule has 0 aliphatic carbocycles. The van der Waals surface area contributed by atoms with Crippen LogP contribution in [0, 0.1) is 18.7 Å². The molecular formula is C33H37ClN4Pt-. The first-order valence-electron chi connectivity index (χ1n) is 13.4. The van der Waals surface area contributed by atoms with Crippen molar-refractivity contribution >= 4 is 20.5 Å². The third-order valence-electron chi connectivity index (χ3n) is 7.20. The summed E-state index contributed by atoms with van der Waals surface area (Å²) in [6.07, 6.45) is 10.9. The molecule has 0 radical (unpaired) electrons. The quantitative estimate of drug-likeness (QED) is 0.131. The number of rotatable bonds is 6. The zero-order chi connectivity index (χ0) is 28.4. The van der Waals surface area contributed by atoms with E-state index in [2.05, 4.69) is 123 Å². The average molecular weight is 720 g/mol. The van der Waals surface area contributed by atoms with Crippen molar-refractivity contribution in [3.05, 3.63) is 96.3 Å². The van der Waals surface area contributed by atoms with Crippen LogP contribution in [-0.2, 0) is 32.9 Å². The van der Waals surface area contributed by atoms with Gasteiger partial charge in [0.1, 0.15) is 0 Å². The fourth-order valence-corrected chi connectivity index (χ4v) is 5.14. The van der Waals surface area contributed by atoms with Gasteiger partial charge in [-0.3, -0.25) is 0 Å². The predicted octanol–water partition coefficient (Wildman–Crippen LogP) is 7.19. The van der Waals surface area contributed by atoms with Gasteiger partial charge in [-0.1, -0.05) is 89.3 Å². The van der Waals surface area contributed by atoms with E-state index in [1.165, 1.54) is 27.8 Å². The van der Waals surface area contributed by atoms with Crippen LogP contribution < -0.4 is 9.13 Å². The fraction of sp³-hybridized carbons (Fsp3) is 0.333. The number of hydrogen-bond acceptors (Lipinski definition) is 0. The van der Waals surface area contributed by atoms with Gasteiger partial charge in [-0.2, -0.15) is 18.2 Å². The number of benzene rings is 3. The molecule has 5 rings (SSSR count). The Labute approximate surface area is 248 Å². The predicted molar refractivity (Wildman–Crippen MR) is 155 cm³/mol. The summed E-state index contributed by atoms with van der Waals surface area (Å²) in [4.78, 5) is 0. The number of para-hydroxylation sites is 2. The van der Waals surface area contributed by atoms with E-state index in [-0.39, 0.29) is 0 Å². The van der Waals surface area contributed by atoms with E-state index in [4.69, 9.17) is 0 Å². The minimum absolute atomic E-state index is 0.398. The molecule has 2 aromatic heterocycles. The van der Waals surface area contributed by atoms with Gasteiger partial charge >= 0.3 is 28.2 Å². The molecule has 3 aromatic carbocycles. The monoisotopic (exact) mass is 719 g/mol. The number of halogens is 1. The van der Waals surface area contributed by atoms with E-state index in [1.54, 1.807) is 18.8 Å². The number of imidazole rings is 2. The van der Waals surface area contributed by atoms with E-state index in [9.17, 15) is 0 Å². The topological polar surface area (TPSA) is 17.6 Å². The average Bonchev–Trinajstić information content (AvgIpc) is 3.52. The van der Waals surface area contributed by atoms with Crippen LogP contribution in [0.4, 0.5) is 0 Å². The number of aromatic nitrogens is 4. The van der Waals surface area contributed by atoms with E-state index >= 15 is 0 Å². The maximum atomic E-state index is 4.61. The molecule has 0 unspecified atom stereocenters. The first-order valence-corrected chi connectivity index (χ1v) is 16.2. The molecule has 0 atom stereocenters. The molecule has 0 saturated heterocycles. The molecule has 0 fully saturated rings. The van der Waals surface area contributed by atoms with Gasteiger partial charge in [-0.25, -0.2) is 0 Å². The van der Waals surface area contributed by atoms with Gasteiger partial charge in [0.25, 0.3) is 0 Å². The summed E-state index contributed by atoms with van der Waals surface area (Å²) in [5.41, 5.74) is 10.9. The van der Waals surface area contributed by atoms with Crippen LogP contribution in [0.25, 0.3) is 33.5 Å². The van der Waals surface area contributed by atoms with Crippen molar-refractivity contribution in [1.82, 2.24) is 9.13 Å². The van der Waals surface area contributed by atoms with E-state index in [0.717, 1.165) is 22.4 Å². The standard InChI is InChI=1S/C33H37N4.ClH.Pt/c1-22(2)25-17-29(23(3)4)33(30(18-25)24(5)6)26-15-27(36-14-13-34(7)20-36)19-28(16-26)37-21-35(8)31-11-9-10-12-32(31)37;;/h9-18,22-24H,1-8H3;1H;/q-1;;+1/p-1. The Bertz CT molecular complexity index is 1560. The molecule has 39 heavy (non-hydrogen) atoms. The van der Waals surface area contributed by atoms with E-state index in [1.807, 2.05) is 40.2 Å². The van der Waals surface area contributed by atoms with Crippen LogP contribution in [0.1, 0.15) is 76.0 Å². The minimum atomic E-state index is 0.398. The Morgan fingerprint density at radius 2 is 1.41 bits per heavy atom. The van der Waals surface area contributed by atoms with Crippen molar-refractivity contribution in [2.45, 2.75) is 59.3 Å². The third-order valence-corrected chi connectivity index (χ3v) is 7.20. The summed E-state index contributed by atoms with van der Waals surface area (Å²) in [5.74, 6) is 1.28. The van der Waals surface area contributed by atoms with Crippen LogP contribution in [-0.4, -0.2) is 9.13 Å². The first kappa shape index (κ1) is 29.3. The van der Waals surface area contributed by atoms with Crippen molar-refractivity contribution in [3.63, 3.8) is 0 Å². The van der Waals surface area contributed by atoms with Gasteiger partial charge in [-0.15, -0.1) is 5.56 Å². The fourth-order valence-electron chi connectivity index (χ4n) is 5.14. The molecule has 0 spiro atoms. The second-order valence-corrected chi connectivity index (χ2v) is 11.0. The van der Waals surface area contributed by atoms with Crippen molar-refractivity contribution < 1.29 is 27.9 Å². The SMILES string of the molecule is CC(C)c1cc(C(C)C)c(-c2cc(-[n+]3[c-]n(C)cc3)[c-]c(-[n+]3[c-]n(C)c4ccccc43)c2)c(C(C)C)c1.[Cl][Pt]. The van der Waals surface area contributed by atoms with Gasteiger partial charge in [0, 0.05) is 12.4 Å². The Morgan fingerprint density at radius 1 is 0.795 bits per heavy atom. The number of hydrogen-bond donors (Lipinski definition) is 0. The number of nitrogens with zero attached hydrogens (tertiary/aromatic N) is 4. The molecule has 0 amide bonds. The number of aryl methyl sites for hydroxylation is 2. The molecule has 6 heteroatoms. The summed E-state index contributed by atoms with van der Waals surface area (Å²) in [6.45, 7) is 13.8. The Kier molecular flexibility index (Phi) is 9.19. The molecule has 4 nitrogen and oxygen atoms in total. The first-order chi connectivity index (χ1) is 18.6. The molecule has 0 aliphatic heterocycles. The van der Waals surface area contributed by atoms with Crippen LogP contribution in [0.2, 0.25) is 0 Å². The van der Waals surface area contributed by atoms with Crippen LogP contribution >= 0.6 is 9.42 Å². The Morgan fingerprint density at radius 3 is 1.97 bits per heavy atom. The van der Waals surface area contributed by atoms with Gasteiger partial charge in [-0.05, 0) is 40.0 Å². The third kappa shape index (κ3) is 5.93. The molecule has 0 saturated carbocycles. The summed E-state index contributed by atoms with van der Waals surface area (Å²) < 4.78 is 8.13. The second kappa shape index (κ2) is 12.2. The van der Waals surface area contributed by atoms with E-state index < -0.39 is 0 Å². The molecule has 0 aliphatic rings. The molecule has 207 valence electrons. The Hall–Kier alpha value is -2.68. The van der Waals surface area contributed by atoms with Crippen LogP contribution in [0.5, 0.6) is 0 Å². The second-order valence-electron chi connectivity index (χ2n) is 11.0. The molecule has 0 bridgehead atoms. The van der Waals surface area contributed by atoms with Crippen molar-refractivity contribution in [2.75, 3.05) is 0 Å². The van der Waals surface area contributed by atoms with Gasteiger partial charge < -0.3 is 18.3 Å². The summed E-state index contributed by atoms with van der Waals surface area (Å²) >= 11 is 1.61. The van der Waals surface area contributed by atoms with Crippen molar-refractivity contribution in [1.29, 1.82) is 0 Å². The van der Waals surface area contributed by atoms with Gasteiger partial charge in [0.05, 0.1) is 25.1 Å². The molecule has 2 heterocycles. The molecule has 0 N–H and O–H groups in total. The maximum absolute atomic E-state index is 4.61. The van der Waals surface area contributed by atoms with Crippen LogP contribution in [0.15, 0.2) is 60.9 Å². The van der Waals surface area contributed by atoms with Gasteiger partial charge in [0.15, 0.2) is 0 Å². The summed E-state index contributed by atoms with van der Waals surface area (Å²) in [6, 6.07) is 21.5. The summed E-state index contributed by atoms with van der Waals surface area (Å²) in [7, 11) is 8.65. The molecule has 5 aromatic rings. The zero-order valence-corrected chi connectivity index (χ0v) is 27.0. The normalized spacial score (nSPS) is 11.5. The number of fused-ring (bicyclic) bond motifs is 1. The molecular weight excluding hydrogens is 683 g/mol. The summed E-state index contributed by atoms with van der Waals surface area (Å²) in [5, 5.41) is 0. The van der Waals surface area contributed by atoms with Crippen molar-refractivity contribution in [2.24, 2.45) is 14.1 Å². The van der Waals surface area contributed by atoms with E-state index in [0.29, 0.717) is 17.8 Å². The zero-order valence-electron chi connectivity index (χ0n) is 24.0. The van der Waals surface area contributed by atoms with Crippen molar-refractivity contribution in [3.8, 4) is 22.5 Å². The van der Waals surface area contributed by atoms with Gasteiger partial charge in [0.2, 0.25) is 12.7 Å². The Balaban J connectivity index is 0.00000172.